The van der Waals surface area contributed by atoms with Crippen LogP contribution in [0, 0.1) is 6.92 Å². The van der Waals surface area contributed by atoms with Crippen molar-refractivity contribution < 1.29 is 0 Å². The Bertz CT molecular complexity index is 276. The van der Waals surface area contributed by atoms with Crippen LogP contribution in [0.25, 0.3) is 0 Å². The molecule has 0 radical (unpaired) electrons. The molecular weight excluding hydrogens is 158 g/mol. The Labute approximate surface area is 80.2 Å². The molecule has 1 heteroatoms. The molecule has 0 aliphatic carbocycles. The maximum Gasteiger partial charge on any atom is 0.0323 e. The van der Waals surface area contributed by atoms with Gasteiger partial charge in [0.1, 0.15) is 0 Å². The molecule has 1 aromatic rings. The lowest BCUT2D eigenvalue weighted by Gasteiger charge is -2.11. The van der Waals surface area contributed by atoms with Crippen molar-refractivity contribution in [2.45, 2.75) is 38.8 Å². The van der Waals surface area contributed by atoms with Gasteiger partial charge >= 0.3 is 0 Å². The van der Waals surface area contributed by atoms with E-state index in [4.69, 9.17) is 0 Å². The Kier molecular flexibility index (Phi) is 2.36. The number of rotatable bonds is 1. The van der Waals surface area contributed by atoms with Crippen molar-refractivity contribution in [1.29, 1.82) is 0 Å². The highest BCUT2D eigenvalue weighted by atomic mass is 15.0. The molecule has 1 N–H and O–H groups in total. The molecule has 0 amide bonds. The van der Waals surface area contributed by atoms with Gasteiger partial charge in [0.25, 0.3) is 0 Å². The number of benzene rings is 1. The molecular formula is C12H17N. The Morgan fingerprint density at radius 1 is 1.15 bits per heavy atom. The van der Waals surface area contributed by atoms with Gasteiger partial charge in [-0.1, -0.05) is 29.8 Å². The van der Waals surface area contributed by atoms with Gasteiger partial charge in [-0.05, 0) is 32.3 Å². The zero-order valence-electron chi connectivity index (χ0n) is 8.38. The van der Waals surface area contributed by atoms with Crippen LogP contribution in [-0.2, 0) is 0 Å². The van der Waals surface area contributed by atoms with Gasteiger partial charge in [0.05, 0.1) is 0 Å². The highest BCUT2D eigenvalue weighted by molar-refractivity contribution is 5.24. The smallest absolute Gasteiger partial charge is 0.0323 e. The molecule has 1 aliphatic rings. The summed E-state index contributed by atoms with van der Waals surface area (Å²) in [5, 5.41) is 3.59. The molecule has 2 rings (SSSR count). The van der Waals surface area contributed by atoms with Crippen molar-refractivity contribution in [3.63, 3.8) is 0 Å². The second-order valence-corrected chi connectivity index (χ2v) is 4.11. The van der Waals surface area contributed by atoms with Crippen LogP contribution in [0.2, 0.25) is 0 Å². The number of hydrogen-bond donors (Lipinski definition) is 1. The van der Waals surface area contributed by atoms with Crippen molar-refractivity contribution in [2.24, 2.45) is 0 Å². The quantitative estimate of drug-likeness (QED) is 0.692. The van der Waals surface area contributed by atoms with E-state index in [0.29, 0.717) is 12.1 Å². The number of nitrogens with one attached hydrogen (secondary N) is 1. The van der Waals surface area contributed by atoms with Gasteiger partial charge in [-0.15, -0.1) is 0 Å². The summed E-state index contributed by atoms with van der Waals surface area (Å²) in [7, 11) is 0. The zero-order chi connectivity index (χ0) is 9.26. The van der Waals surface area contributed by atoms with Crippen LogP contribution >= 0.6 is 0 Å². The van der Waals surface area contributed by atoms with Crippen LogP contribution < -0.4 is 5.32 Å². The fraction of sp³-hybridized carbons (Fsp3) is 0.500. The predicted molar refractivity (Wildman–Crippen MR) is 55.8 cm³/mol. The summed E-state index contributed by atoms with van der Waals surface area (Å²) in [6.45, 7) is 4.39. The molecule has 1 nitrogen and oxygen atoms in total. The van der Waals surface area contributed by atoms with Gasteiger partial charge in [0, 0.05) is 12.1 Å². The van der Waals surface area contributed by atoms with E-state index in [9.17, 15) is 0 Å². The Hall–Kier alpha value is -0.820. The molecule has 0 saturated carbocycles. The van der Waals surface area contributed by atoms with Gasteiger partial charge in [-0.25, -0.2) is 0 Å². The average molecular weight is 175 g/mol. The van der Waals surface area contributed by atoms with Gasteiger partial charge in [0.2, 0.25) is 0 Å². The molecule has 13 heavy (non-hydrogen) atoms. The van der Waals surface area contributed by atoms with E-state index in [0.717, 1.165) is 0 Å². The zero-order valence-corrected chi connectivity index (χ0v) is 8.38. The molecule has 2 atom stereocenters. The first-order valence-electron chi connectivity index (χ1n) is 5.08. The first-order valence-corrected chi connectivity index (χ1v) is 5.08. The van der Waals surface area contributed by atoms with Crippen molar-refractivity contribution >= 4 is 0 Å². The monoisotopic (exact) mass is 175 g/mol. The second-order valence-electron chi connectivity index (χ2n) is 4.11. The maximum absolute atomic E-state index is 3.59. The molecule has 0 unspecified atom stereocenters. The van der Waals surface area contributed by atoms with E-state index < -0.39 is 0 Å². The Balaban J connectivity index is 2.13. The standard InChI is InChI=1S/C12H17N/c1-9-3-6-11(7-4-9)12-8-5-10(2)13-12/h3-4,6-7,10,12-13H,5,8H2,1-2H3/t10-,12-/m0/s1. The second kappa shape index (κ2) is 3.51. The minimum Gasteiger partial charge on any atom is -0.307 e. The molecule has 1 aromatic carbocycles. The molecule has 1 heterocycles. The number of aryl methyl sites for hydroxylation is 1. The summed E-state index contributed by atoms with van der Waals surface area (Å²) in [6, 6.07) is 10.2. The SMILES string of the molecule is Cc1ccc([C@@H]2CC[C@H](C)N2)cc1. The van der Waals surface area contributed by atoms with Gasteiger partial charge in [0.15, 0.2) is 0 Å². The summed E-state index contributed by atoms with van der Waals surface area (Å²) >= 11 is 0. The summed E-state index contributed by atoms with van der Waals surface area (Å²) in [5.41, 5.74) is 2.78. The molecule has 70 valence electrons. The summed E-state index contributed by atoms with van der Waals surface area (Å²) in [5.74, 6) is 0. The topological polar surface area (TPSA) is 12.0 Å². The van der Waals surface area contributed by atoms with E-state index in [2.05, 4.69) is 43.4 Å². The van der Waals surface area contributed by atoms with Crippen molar-refractivity contribution in [1.82, 2.24) is 5.32 Å². The van der Waals surface area contributed by atoms with Crippen molar-refractivity contribution in [2.75, 3.05) is 0 Å². The highest BCUT2D eigenvalue weighted by Gasteiger charge is 2.20. The molecule has 0 aromatic heterocycles. The van der Waals surface area contributed by atoms with Crippen molar-refractivity contribution in [3.05, 3.63) is 35.4 Å². The molecule has 0 spiro atoms. The fourth-order valence-electron chi connectivity index (χ4n) is 1.99. The van der Waals surface area contributed by atoms with E-state index >= 15 is 0 Å². The third-order valence-electron chi connectivity index (χ3n) is 2.85. The van der Waals surface area contributed by atoms with Crippen LogP contribution in [0.1, 0.15) is 36.9 Å². The fourth-order valence-corrected chi connectivity index (χ4v) is 1.99. The van der Waals surface area contributed by atoms with E-state index in [-0.39, 0.29) is 0 Å². The maximum atomic E-state index is 3.59. The summed E-state index contributed by atoms with van der Waals surface area (Å²) < 4.78 is 0. The summed E-state index contributed by atoms with van der Waals surface area (Å²) in [4.78, 5) is 0. The largest absolute Gasteiger partial charge is 0.307 e. The third kappa shape index (κ3) is 1.92. The lowest BCUT2D eigenvalue weighted by atomic mass is 10.0. The molecule has 1 aliphatic heterocycles. The average Bonchev–Trinajstić information content (AvgIpc) is 2.53. The lowest BCUT2D eigenvalue weighted by molar-refractivity contribution is 0.585. The number of hydrogen-bond acceptors (Lipinski definition) is 1. The van der Waals surface area contributed by atoms with Gasteiger partial charge < -0.3 is 5.32 Å². The Morgan fingerprint density at radius 2 is 1.85 bits per heavy atom. The first-order chi connectivity index (χ1) is 6.25. The minimum atomic E-state index is 0.593. The van der Waals surface area contributed by atoms with E-state index in [1.165, 1.54) is 24.0 Å². The molecule has 0 bridgehead atoms. The van der Waals surface area contributed by atoms with Gasteiger partial charge in [-0.3, -0.25) is 0 Å². The predicted octanol–water partition coefficient (Wildman–Crippen LogP) is 2.81. The lowest BCUT2D eigenvalue weighted by Crippen LogP contribution is -2.20. The van der Waals surface area contributed by atoms with E-state index in [1.807, 2.05) is 0 Å². The normalized spacial score (nSPS) is 27.8. The van der Waals surface area contributed by atoms with Crippen LogP contribution in [-0.4, -0.2) is 6.04 Å². The third-order valence-corrected chi connectivity index (χ3v) is 2.85. The molecule has 1 fully saturated rings. The van der Waals surface area contributed by atoms with Crippen LogP contribution in [0.15, 0.2) is 24.3 Å². The van der Waals surface area contributed by atoms with Crippen LogP contribution in [0.3, 0.4) is 0 Å². The summed E-state index contributed by atoms with van der Waals surface area (Å²) in [6.07, 6.45) is 2.59. The molecule has 1 saturated heterocycles. The van der Waals surface area contributed by atoms with E-state index in [1.54, 1.807) is 0 Å². The highest BCUT2D eigenvalue weighted by Crippen LogP contribution is 2.26. The minimum absolute atomic E-state index is 0.593. The first kappa shape index (κ1) is 8.76. The van der Waals surface area contributed by atoms with Crippen LogP contribution in [0.5, 0.6) is 0 Å². The van der Waals surface area contributed by atoms with Gasteiger partial charge in [-0.2, -0.15) is 0 Å². The van der Waals surface area contributed by atoms with Crippen LogP contribution in [0.4, 0.5) is 0 Å². The Morgan fingerprint density at radius 3 is 2.38 bits per heavy atom. The van der Waals surface area contributed by atoms with Crippen molar-refractivity contribution in [3.8, 4) is 0 Å².